The minimum atomic E-state index is -4.80. The molecular weight excluding hydrogens is 583 g/mol. The predicted octanol–water partition coefficient (Wildman–Crippen LogP) is 6.31. The van der Waals surface area contributed by atoms with Crippen molar-refractivity contribution in [2.45, 2.75) is 59.2 Å². The molecule has 0 aliphatic carbocycles. The number of hydrogen-bond donors (Lipinski definition) is 0. The molecule has 0 saturated carbocycles. The van der Waals surface area contributed by atoms with Crippen LogP contribution in [0.1, 0.15) is 58.8 Å². The molecule has 10 heteroatoms. The number of para-hydroxylation sites is 1. The number of aromatic nitrogens is 2. The van der Waals surface area contributed by atoms with Gasteiger partial charge in [0.15, 0.2) is 0 Å². The third-order valence-corrected chi connectivity index (χ3v) is 8.84. The second-order valence-electron chi connectivity index (χ2n) is 11.7. The van der Waals surface area contributed by atoms with Crippen molar-refractivity contribution in [3.8, 4) is 5.69 Å². The van der Waals surface area contributed by atoms with Crippen molar-refractivity contribution in [2.75, 3.05) is 26.2 Å². The standard InChI is InChI=1S/C35H38F3N3O4/c1-4-45-33(43)30-23(2)22-29-31(24(30)3)32(42)41(28-13-9-8-12-27(28)35(36,37)38)34(44)40(29)21-20-39-18-16-26(17-19-39)15-14-25-10-6-5-7-11-25/h5-13,22,26H,4,14-21H2,1-3H3. The first-order valence-corrected chi connectivity index (χ1v) is 15.4. The van der Waals surface area contributed by atoms with E-state index in [0.29, 0.717) is 22.6 Å². The zero-order valence-electron chi connectivity index (χ0n) is 25.8. The largest absolute Gasteiger partial charge is 0.462 e. The Bertz CT molecular complexity index is 1800. The summed E-state index contributed by atoms with van der Waals surface area (Å²) < 4.78 is 49.4. The highest BCUT2D eigenvalue weighted by Crippen LogP contribution is 2.33. The SMILES string of the molecule is CCOC(=O)c1c(C)cc2c(c1C)c(=O)n(-c1ccccc1C(F)(F)F)c(=O)n2CCN1CCC(CCc2ccccc2)CC1. The van der Waals surface area contributed by atoms with Crippen molar-refractivity contribution < 1.29 is 22.7 Å². The highest BCUT2D eigenvalue weighted by molar-refractivity contribution is 5.99. The summed E-state index contributed by atoms with van der Waals surface area (Å²) in [5, 5.41) is 0.0138. The number of alkyl halides is 3. The van der Waals surface area contributed by atoms with Crippen molar-refractivity contribution in [1.82, 2.24) is 14.0 Å². The summed E-state index contributed by atoms with van der Waals surface area (Å²) >= 11 is 0. The van der Waals surface area contributed by atoms with E-state index in [4.69, 9.17) is 4.74 Å². The molecule has 0 amide bonds. The van der Waals surface area contributed by atoms with Crippen molar-refractivity contribution >= 4 is 16.9 Å². The number of hydrogen-bond acceptors (Lipinski definition) is 5. The van der Waals surface area contributed by atoms with Crippen molar-refractivity contribution in [1.29, 1.82) is 0 Å². The van der Waals surface area contributed by atoms with Gasteiger partial charge in [-0.2, -0.15) is 13.2 Å². The van der Waals surface area contributed by atoms with Crippen molar-refractivity contribution in [2.24, 2.45) is 5.92 Å². The van der Waals surface area contributed by atoms with Gasteiger partial charge >= 0.3 is 17.8 Å². The quantitative estimate of drug-likeness (QED) is 0.205. The number of carbonyl (C=O) groups is 1. The summed E-state index contributed by atoms with van der Waals surface area (Å²) in [5.41, 5.74) is -0.861. The van der Waals surface area contributed by atoms with Gasteiger partial charge in [0.25, 0.3) is 5.56 Å². The first-order valence-electron chi connectivity index (χ1n) is 15.4. The van der Waals surface area contributed by atoms with Crippen LogP contribution in [-0.4, -0.2) is 46.2 Å². The minimum absolute atomic E-state index is 0.0138. The van der Waals surface area contributed by atoms with E-state index in [9.17, 15) is 27.6 Å². The van der Waals surface area contributed by atoms with Crippen LogP contribution >= 0.6 is 0 Å². The number of aryl methyl sites for hydroxylation is 3. The van der Waals surface area contributed by atoms with E-state index in [1.807, 2.05) is 6.07 Å². The van der Waals surface area contributed by atoms with Crippen molar-refractivity contribution in [3.05, 3.63) is 109 Å². The van der Waals surface area contributed by atoms with E-state index in [2.05, 4.69) is 29.2 Å². The lowest BCUT2D eigenvalue weighted by molar-refractivity contribution is -0.137. The Morgan fingerprint density at radius 2 is 1.62 bits per heavy atom. The molecule has 1 aromatic heterocycles. The molecule has 0 bridgehead atoms. The van der Waals surface area contributed by atoms with Crippen LogP contribution in [0.5, 0.6) is 0 Å². The summed E-state index contributed by atoms with van der Waals surface area (Å²) in [7, 11) is 0. The molecule has 238 valence electrons. The fourth-order valence-electron chi connectivity index (χ4n) is 6.48. The fraction of sp³-hybridized carbons (Fsp3) is 0.400. The molecule has 0 unspecified atom stereocenters. The van der Waals surface area contributed by atoms with Crippen LogP contribution in [0.15, 0.2) is 70.3 Å². The van der Waals surface area contributed by atoms with E-state index >= 15 is 0 Å². The Morgan fingerprint density at radius 1 is 0.956 bits per heavy atom. The van der Waals surface area contributed by atoms with E-state index in [-0.39, 0.29) is 35.2 Å². The molecule has 4 aromatic rings. The maximum absolute atomic E-state index is 14.1. The summed E-state index contributed by atoms with van der Waals surface area (Å²) in [6.45, 7) is 7.36. The van der Waals surface area contributed by atoms with Crippen LogP contribution in [-0.2, 0) is 23.9 Å². The second kappa shape index (κ2) is 13.4. The molecule has 0 atom stereocenters. The van der Waals surface area contributed by atoms with Gasteiger partial charge in [0.1, 0.15) is 0 Å². The topological polar surface area (TPSA) is 73.5 Å². The monoisotopic (exact) mass is 621 g/mol. The number of esters is 1. The van der Waals surface area contributed by atoms with Crippen molar-refractivity contribution in [3.63, 3.8) is 0 Å². The Hall–Kier alpha value is -4.18. The maximum atomic E-state index is 14.1. The lowest BCUT2D eigenvalue weighted by Gasteiger charge is -2.32. The predicted molar refractivity (Wildman–Crippen MR) is 168 cm³/mol. The summed E-state index contributed by atoms with van der Waals surface area (Å²) in [6, 6.07) is 16.5. The summed E-state index contributed by atoms with van der Waals surface area (Å²) in [4.78, 5) is 43.1. The summed E-state index contributed by atoms with van der Waals surface area (Å²) in [6.07, 6.45) is -0.636. The molecule has 1 saturated heterocycles. The van der Waals surface area contributed by atoms with Crippen LogP contribution < -0.4 is 11.2 Å². The number of ether oxygens (including phenoxy) is 1. The number of rotatable bonds is 9. The molecule has 2 heterocycles. The Kier molecular flexibility index (Phi) is 9.62. The number of carbonyl (C=O) groups excluding carboxylic acids is 1. The first kappa shape index (κ1) is 32.2. The van der Waals surface area contributed by atoms with Gasteiger partial charge in [-0.05, 0) is 100 Å². The Morgan fingerprint density at radius 3 is 2.29 bits per heavy atom. The van der Waals surface area contributed by atoms with Gasteiger partial charge in [0.05, 0.1) is 34.3 Å². The Balaban J connectivity index is 1.51. The number of likely N-dealkylation sites (tertiary alicyclic amines) is 1. The highest BCUT2D eigenvalue weighted by atomic mass is 19.4. The van der Waals surface area contributed by atoms with Gasteiger partial charge in [-0.3, -0.25) is 9.36 Å². The molecule has 5 rings (SSSR count). The Labute approximate surface area is 259 Å². The van der Waals surface area contributed by atoms with E-state index in [1.165, 1.54) is 22.3 Å². The average molecular weight is 622 g/mol. The lowest BCUT2D eigenvalue weighted by Crippen LogP contribution is -2.43. The molecule has 0 N–H and O–H groups in total. The number of nitrogens with zero attached hydrogens (tertiary/aromatic N) is 3. The number of halogens is 3. The number of piperidine rings is 1. The minimum Gasteiger partial charge on any atom is -0.462 e. The van der Waals surface area contributed by atoms with Gasteiger partial charge < -0.3 is 9.64 Å². The third-order valence-electron chi connectivity index (χ3n) is 8.84. The first-order chi connectivity index (χ1) is 21.5. The van der Waals surface area contributed by atoms with Gasteiger partial charge in [-0.15, -0.1) is 0 Å². The molecule has 1 fully saturated rings. The van der Waals surface area contributed by atoms with E-state index in [0.717, 1.165) is 50.9 Å². The van der Waals surface area contributed by atoms with Gasteiger partial charge in [0, 0.05) is 13.1 Å². The van der Waals surface area contributed by atoms with Gasteiger partial charge in [-0.1, -0.05) is 42.5 Å². The van der Waals surface area contributed by atoms with Crippen LogP contribution in [0.2, 0.25) is 0 Å². The highest BCUT2D eigenvalue weighted by Gasteiger charge is 2.35. The second-order valence-corrected chi connectivity index (χ2v) is 11.7. The van der Waals surface area contributed by atoms with E-state index < -0.39 is 34.6 Å². The fourth-order valence-corrected chi connectivity index (χ4v) is 6.48. The molecular formula is C35H38F3N3O4. The average Bonchev–Trinajstić information content (AvgIpc) is 3.00. The summed E-state index contributed by atoms with van der Waals surface area (Å²) in [5.74, 6) is -0.0405. The van der Waals surface area contributed by atoms with Gasteiger partial charge in [0.2, 0.25) is 0 Å². The molecule has 0 spiro atoms. The molecule has 0 radical (unpaired) electrons. The van der Waals surface area contributed by atoms with Crippen LogP contribution in [0.3, 0.4) is 0 Å². The smallest absolute Gasteiger partial charge is 0.418 e. The van der Waals surface area contributed by atoms with E-state index in [1.54, 1.807) is 26.8 Å². The van der Waals surface area contributed by atoms with Crippen LogP contribution in [0.25, 0.3) is 16.6 Å². The zero-order chi connectivity index (χ0) is 32.3. The molecule has 45 heavy (non-hydrogen) atoms. The normalized spacial score (nSPS) is 14.6. The lowest BCUT2D eigenvalue weighted by atomic mass is 9.90. The molecule has 7 nitrogen and oxygen atoms in total. The zero-order valence-corrected chi connectivity index (χ0v) is 25.8. The maximum Gasteiger partial charge on any atom is 0.418 e. The van der Waals surface area contributed by atoms with Crippen LogP contribution in [0, 0.1) is 19.8 Å². The molecule has 3 aromatic carbocycles. The van der Waals surface area contributed by atoms with Crippen LogP contribution in [0.4, 0.5) is 13.2 Å². The molecule has 1 aliphatic rings. The number of benzene rings is 3. The third kappa shape index (κ3) is 6.76. The number of fused-ring (bicyclic) bond motifs is 1. The van der Waals surface area contributed by atoms with Gasteiger partial charge in [-0.25, -0.2) is 14.2 Å². The molecule has 1 aliphatic heterocycles.